The number of nitro benzene ring substituents is 1. The molecule has 0 spiro atoms. The van der Waals surface area contributed by atoms with Crippen molar-refractivity contribution in [2.75, 3.05) is 19.5 Å². The Kier molecular flexibility index (Phi) is 6.14. The Morgan fingerprint density at radius 3 is 2.79 bits per heavy atom. The van der Waals surface area contributed by atoms with Crippen LogP contribution in [0, 0.1) is 10.1 Å². The highest BCUT2D eigenvalue weighted by molar-refractivity contribution is 7.99. The summed E-state index contributed by atoms with van der Waals surface area (Å²) in [5.74, 6) is 0.759. The molecule has 19 heavy (non-hydrogen) atoms. The molecule has 1 aromatic rings. The summed E-state index contributed by atoms with van der Waals surface area (Å²) in [5, 5.41) is 10.7. The number of benzene rings is 1. The highest BCUT2D eigenvalue weighted by atomic mass is 32.2. The molecule has 1 aromatic carbocycles. The van der Waals surface area contributed by atoms with Crippen molar-refractivity contribution in [3.63, 3.8) is 0 Å². The van der Waals surface area contributed by atoms with Crippen molar-refractivity contribution in [1.82, 2.24) is 0 Å². The van der Waals surface area contributed by atoms with Crippen LogP contribution in [0.2, 0.25) is 0 Å². The third kappa shape index (κ3) is 4.78. The van der Waals surface area contributed by atoms with Crippen molar-refractivity contribution < 1.29 is 19.2 Å². The number of carbonyl (C=O) groups excluding carboxylic acids is 1. The summed E-state index contributed by atoms with van der Waals surface area (Å²) in [5.41, 5.74) is -0.000523. The Morgan fingerprint density at radius 1 is 1.47 bits per heavy atom. The van der Waals surface area contributed by atoms with E-state index in [1.807, 2.05) is 0 Å². The molecule has 7 heteroatoms. The quantitative estimate of drug-likeness (QED) is 0.331. The van der Waals surface area contributed by atoms with Gasteiger partial charge in [0.05, 0.1) is 30.0 Å². The molecule has 1 rings (SSSR count). The number of ether oxygens (including phenoxy) is 2. The molecule has 0 bridgehead atoms. The summed E-state index contributed by atoms with van der Waals surface area (Å²) in [7, 11) is 1.50. The van der Waals surface area contributed by atoms with E-state index in [0.29, 0.717) is 23.0 Å². The topological polar surface area (TPSA) is 78.7 Å². The van der Waals surface area contributed by atoms with Crippen LogP contribution in [0.15, 0.2) is 23.1 Å². The number of methoxy groups -OCH3 is 1. The lowest BCUT2D eigenvalue weighted by Crippen LogP contribution is -2.04. The molecular weight excluding hydrogens is 270 g/mol. The molecule has 104 valence electrons. The first-order valence-corrected chi connectivity index (χ1v) is 6.68. The minimum absolute atomic E-state index is 0.000523. The van der Waals surface area contributed by atoms with Gasteiger partial charge < -0.3 is 9.47 Å². The van der Waals surface area contributed by atoms with Crippen LogP contribution in [0.3, 0.4) is 0 Å². The van der Waals surface area contributed by atoms with Gasteiger partial charge in [0.15, 0.2) is 0 Å². The van der Waals surface area contributed by atoms with Crippen molar-refractivity contribution in [2.24, 2.45) is 0 Å². The van der Waals surface area contributed by atoms with Gasteiger partial charge >= 0.3 is 5.97 Å². The molecule has 0 aliphatic carbocycles. The number of non-ortho nitro benzene ring substituents is 1. The molecule has 6 nitrogen and oxygen atoms in total. The second-order valence-electron chi connectivity index (χ2n) is 3.50. The summed E-state index contributed by atoms with van der Waals surface area (Å²) in [6.07, 6.45) is 0.254. The molecule has 0 aliphatic rings. The Bertz CT molecular complexity index is 463. The van der Waals surface area contributed by atoms with Crippen molar-refractivity contribution in [2.45, 2.75) is 18.2 Å². The molecule has 0 radical (unpaired) electrons. The molecule has 0 saturated carbocycles. The second-order valence-corrected chi connectivity index (χ2v) is 4.63. The first-order valence-electron chi connectivity index (χ1n) is 5.69. The highest BCUT2D eigenvalue weighted by Gasteiger charge is 2.12. The largest absolute Gasteiger partial charge is 0.496 e. The molecule has 0 saturated heterocycles. The van der Waals surface area contributed by atoms with E-state index >= 15 is 0 Å². The van der Waals surface area contributed by atoms with Crippen molar-refractivity contribution in [3.8, 4) is 5.75 Å². The zero-order valence-corrected chi connectivity index (χ0v) is 11.6. The average Bonchev–Trinajstić information content (AvgIpc) is 2.38. The molecule has 0 unspecified atom stereocenters. The minimum Gasteiger partial charge on any atom is -0.496 e. The van der Waals surface area contributed by atoms with Crippen LogP contribution in [-0.4, -0.2) is 30.4 Å². The number of thioether (sulfide) groups is 1. The van der Waals surface area contributed by atoms with E-state index in [9.17, 15) is 14.9 Å². The summed E-state index contributed by atoms with van der Waals surface area (Å²) >= 11 is 1.33. The fourth-order valence-corrected chi connectivity index (χ4v) is 2.36. The minimum atomic E-state index is -0.463. The molecule has 0 heterocycles. The van der Waals surface area contributed by atoms with Crippen LogP contribution in [0.4, 0.5) is 5.69 Å². The monoisotopic (exact) mass is 285 g/mol. The third-order valence-corrected chi connectivity index (χ3v) is 3.27. The first kappa shape index (κ1) is 15.3. The van der Waals surface area contributed by atoms with Crippen molar-refractivity contribution in [3.05, 3.63) is 28.3 Å². The molecule has 0 fully saturated rings. The van der Waals surface area contributed by atoms with Gasteiger partial charge in [0.25, 0.3) is 5.69 Å². The number of nitro groups is 1. The molecule has 0 N–H and O–H groups in total. The Hall–Kier alpha value is -1.76. The normalized spacial score (nSPS) is 10.0. The van der Waals surface area contributed by atoms with Crippen LogP contribution in [-0.2, 0) is 9.53 Å². The fraction of sp³-hybridized carbons (Fsp3) is 0.417. The first-order chi connectivity index (χ1) is 9.08. The molecule has 0 amide bonds. The number of esters is 1. The van der Waals surface area contributed by atoms with Crippen molar-refractivity contribution in [1.29, 1.82) is 0 Å². The summed E-state index contributed by atoms with van der Waals surface area (Å²) in [4.78, 5) is 22.1. The summed E-state index contributed by atoms with van der Waals surface area (Å²) in [6, 6.07) is 4.37. The smallest absolute Gasteiger partial charge is 0.306 e. The lowest BCUT2D eigenvalue weighted by molar-refractivity contribution is -0.385. The highest BCUT2D eigenvalue weighted by Crippen LogP contribution is 2.32. The maximum atomic E-state index is 11.2. The van der Waals surface area contributed by atoms with Crippen molar-refractivity contribution >= 4 is 23.4 Å². The van der Waals surface area contributed by atoms with Gasteiger partial charge in [0, 0.05) is 17.9 Å². The maximum Gasteiger partial charge on any atom is 0.306 e. The Morgan fingerprint density at radius 2 is 2.21 bits per heavy atom. The Labute approximate surface area is 115 Å². The van der Waals surface area contributed by atoms with Crippen LogP contribution in [0.25, 0.3) is 0 Å². The van der Waals surface area contributed by atoms with Gasteiger partial charge in [-0.1, -0.05) is 0 Å². The lowest BCUT2D eigenvalue weighted by Gasteiger charge is -2.07. The van der Waals surface area contributed by atoms with Gasteiger partial charge in [-0.2, -0.15) is 0 Å². The molecule has 0 atom stereocenters. The zero-order valence-electron chi connectivity index (χ0n) is 10.8. The number of hydrogen-bond donors (Lipinski definition) is 0. The van der Waals surface area contributed by atoms with E-state index in [-0.39, 0.29) is 18.1 Å². The van der Waals surface area contributed by atoms with Gasteiger partial charge in [0.1, 0.15) is 5.75 Å². The van der Waals surface area contributed by atoms with Crippen LogP contribution < -0.4 is 4.74 Å². The predicted molar refractivity (Wildman–Crippen MR) is 71.6 cm³/mol. The number of carbonyl (C=O) groups is 1. The lowest BCUT2D eigenvalue weighted by atomic mass is 10.3. The van der Waals surface area contributed by atoms with Gasteiger partial charge in [-0.25, -0.2) is 0 Å². The average molecular weight is 285 g/mol. The fourth-order valence-electron chi connectivity index (χ4n) is 1.37. The van der Waals surface area contributed by atoms with Crippen LogP contribution >= 0.6 is 11.8 Å². The van der Waals surface area contributed by atoms with Gasteiger partial charge in [-0.3, -0.25) is 14.9 Å². The van der Waals surface area contributed by atoms with E-state index < -0.39 is 4.92 Å². The number of hydrogen-bond acceptors (Lipinski definition) is 6. The third-order valence-electron chi connectivity index (χ3n) is 2.23. The maximum absolute atomic E-state index is 11.2. The van der Waals surface area contributed by atoms with Crippen LogP contribution in [0.5, 0.6) is 5.75 Å². The Balaban J connectivity index is 2.67. The van der Waals surface area contributed by atoms with Gasteiger partial charge in [-0.15, -0.1) is 11.8 Å². The molecule has 0 aliphatic heterocycles. The molecule has 0 aromatic heterocycles. The zero-order chi connectivity index (χ0) is 14.3. The number of nitrogens with zero attached hydrogens (tertiary/aromatic N) is 1. The summed E-state index contributed by atoms with van der Waals surface area (Å²) in [6.45, 7) is 2.10. The number of rotatable bonds is 7. The second kappa shape index (κ2) is 7.63. The van der Waals surface area contributed by atoms with E-state index in [2.05, 4.69) is 0 Å². The van der Waals surface area contributed by atoms with Gasteiger partial charge in [-0.05, 0) is 13.0 Å². The SMILES string of the molecule is CCOC(=O)CCSc1cc([N+](=O)[O-])ccc1OC. The van der Waals surface area contributed by atoms with E-state index in [4.69, 9.17) is 9.47 Å². The van der Waals surface area contributed by atoms with E-state index in [1.165, 1.54) is 31.0 Å². The predicted octanol–water partition coefficient (Wildman–Crippen LogP) is 2.65. The standard InChI is InChI=1S/C12H15NO5S/c1-3-18-12(14)6-7-19-11-8-9(13(15)16)4-5-10(11)17-2/h4-5,8H,3,6-7H2,1-2H3. The van der Waals surface area contributed by atoms with E-state index in [1.54, 1.807) is 13.0 Å². The van der Waals surface area contributed by atoms with Crippen LogP contribution in [0.1, 0.15) is 13.3 Å². The summed E-state index contributed by atoms with van der Waals surface area (Å²) < 4.78 is 9.93. The van der Waals surface area contributed by atoms with Gasteiger partial charge in [0.2, 0.25) is 0 Å². The van der Waals surface area contributed by atoms with E-state index in [0.717, 1.165) is 0 Å². The molecular formula is C12H15NO5S.